The van der Waals surface area contributed by atoms with Crippen molar-refractivity contribution in [2.24, 2.45) is 0 Å². The maximum absolute atomic E-state index is 13.2. The van der Waals surface area contributed by atoms with Gasteiger partial charge >= 0.3 is 5.97 Å². The smallest absolute Gasteiger partial charge is 0.306 e. The van der Waals surface area contributed by atoms with Crippen LogP contribution in [0.2, 0.25) is 0 Å². The number of allylic oxidation sites excluding steroid dienone is 9. The zero-order valence-electron chi connectivity index (χ0n) is 43.8. The number of carbonyl (C=O) groups is 2. The van der Waals surface area contributed by atoms with Gasteiger partial charge in [-0.25, -0.2) is 0 Å². The van der Waals surface area contributed by atoms with E-state index in [-0.39, 0.29) is 24.9 Å². The van der Waals surface area contributed by atoms with Crippen molar-refractivity contribution in [3.63, 3.8) is 0 Å². The molecule has 0 aliphatic rings. The Morgan fingerprint density at radius 2 is 0.788 bits per heavy atom. The van der Waals surface area contributed by atoms with Gasteiger partial charge in [-0.1, -0.05) is 281 Å². The molecule has 6 heteroatoms. The quantitative estimate of drug-likeness (QED) is 0.0321. The molecule has 0 bridgehead atoms. The maximum Gasteiger partial charge on any atom is 0.306 e. The number of unbranched alkanes of at least 4 members (excludes halogenated alkanes) is 31. The minimum Gasteiger partial charge on any atom is -0.458 e. The van der Waals surface area contributed by atoms with Crippen LogP contribution in [0.3, 0.4) is 0 Å². The van der Waals surface area contributed by atoms with E-state index in [0.29, 0.717) is 19.3 Å². The summed E-state index contributed by atoms with van der Waals surface area (Å²) in [6, 6.07) is -0.742. The first-order valence-electron chi connectivity index (χ1n) is 28.5. The summed E-state index contributed by atoms with van der Waals surface area (Å²) in [5.41, 5.74) is 0. The standard InChI is InChI=1S/C60H109NO5/c1-4-7-10-13-16-19-22-25-28-30-32-35-38-41-44-47-50-53-60(65)66-56(51-48-45-42-39-36-33-27-24-21-18-15-12-9-6-3)54-59(64)61-57(55-62)58(63)52-49-46-43-40-37-34-31-29-26-23-20-17-14-11-8-5-2/h9,12,18,21,27,33,39,42,48,51,56-58,62-63H,4-8,10-11,13-17,19-20,22-26,28-32,34-38,40-41,43-47,49-50,52-55H2,1-3H3,(H,61,64)/b12-9+,21-18+,33-27+,42-39+,51-48+. The Morgan fingerprint density at radius 3 is 1.15 bits per heavy atom. The fourth-order valence-corrected chi connectivity index (χ4v) is 8.57. The first-order chi connectivity index (χ1) is 32.5. The predicted molar refractivity (Wildman–Crippen MR) is 287 cm³/mol. The molecule has 0 fully saturated rings. The van der Waals surface area contributed by atoms with Gasteiger partial charge in [0.2, 0.25) is 5.91 Å². The van der Waals surface area contributed by atoms with Crippen LogP contribution in [-0.2, 0) is 14.3 Å². The Labute approximate surface area is 409 Å². The molecule has 0 heterocycles. The van der Waals surface area contributed by atoms with E-state index in [4.69, 9.17) is 4.74 Å². The van der Waals surface area contributed by atoms with Crippen LogP contribution in [0.4, 0.5) is 0 Å². The second-order valence-electron chi connectivity index (χ2n) is 19.3. The summed E-state index contributed by atoms with van der Waals surface area (Å²) in [4.78, 5) is 26.2. The largest absolute Gasteiger partial charge is 0.458 e. The van der Waals surface area contributed by atoms with E-state index in [1.165, 1.54) is 173 Å². The molecule has 1 amide bonds. The lowest BCUT2D eigenvalue weighted by atomic mass is 10.0. The Kier molecular flexibility index (Phi) is 51.5. The van der Waals surface area contributed by atoms with Gasteiger partial charge < -0.3 is 20.3 Å². The van der Waals surface area contributed by atoms with Crippen molar-refractivity contribution in [2.75, 3.05) is 6.61 Å². The highest BCUT2D eigenvalue weighted by molar-refractivity contribution is 5.78. The molecule has 3 N–H and O–H groups in total. The third-order valence-electron chi connectivity index (χ3n) is 12.9. The summed E-state index contributed by atoms with van der Waals surface area (Å²) in [7, 11) is 0. The Balaban J connectivity index is 4.62. The van der Waals surface area contributed by atoms with Crippen LogP contribution in [-0.4, -0.2) is 46.9 Å². The molecule has 3 unspecified atom stereocenters. The zero-order chi connectivity index (χ0) is 48.1. The molecule has 0 radical (unpaired) electrons. The number of esters is 1. The topological polar surface area (TPSA) is 95.9 Å². The number of hydrogen-bond acceptors (Lipinski definition) is 5. The van der Waals surface area contributed by atoms with E-state index in [2.05, 4.69) is 74.7 Å². The molecule has 0 spiro atoms. The predicted octanol–water partition coefficient (Wildman–Crippen LogP) is 17.6. The SMILES string of the molecule is CC/C=C/C/C=C/C/C=C/C/C=C/C/C=C/C(CC(=O)NC(CO)C(O)CCCCCCCCCCCCCCCCCC)OC(=O)CCCCCCCCCCCCCCCCCCC. The highest BCUT2D eigenvalue weighted by atomic mass is 16.5. The van der Waals surface area contributed by atoms with Gasteiger partial charge in [0.15, 0.2) is 0 Å². The molecular weight excluding hydrogens is 815 g/mol. The normalized spacial score (nSPS) is 13.6. The zero-order valence-corrected chi connectivity index (χ0v) is 43.8. The monoisotopic (exact) mass is 924 g/mol. The van der Waals surface area contributed by atoms with Gasteiger partial charge in [-0.2, -0.15) is 0 Å². The first kappa shape index (κ1) is 63.6. The van der Waals surface area contributed by atoms with Gasteiger partial charge in [0.25, 0.3) is 0 Å². The van der Waals surface area contributed by atoms with Crippen molar-refractivity contribution in [1.29, 1.82) is 0 Å². The number of hydrogen-bond donors (Lipinski definition) is 3. The average Bonchev–Trinajstić information content (AvgIpc) is 3.31. The van der Waals surface area contributed by atoms with Crippen LogP contribution in [0.25, 0.3) is 0 Å². The summed E-state index contributed by atoms with van der Waals surface area (Å²) in [5, 5.41) is 23.8. The molecule has 0 saturated heterocycles. The van der Waals surface area contributed by atoms with Crippen molar-refractivity contribution in [3.05, 3.63) is 60.8 Å². The van der Waals surface area contributed by atoms with E-state index >= 15 is 0 Å². The molecule has 0 rings (SSSR count). The number of ether oxygens (including phenoxy) is 1. The van der Waals surface area contributed by atoms with Crippen molar-refractivity contribution in [3.8, 4) is 0 Å². The Bertz CT molecular complexity index is 1170. The van der Waals surface area contributed by atoms with Crippen molar-refractivity contribution >= 4 is 11.9 Å². The van der Waals surface area contributed by atoms with Gasteiger partial charge in [-0.15, -0.1) is 0 Å². The van der Waals surface area contributed by atoms with E-state index in [1.54, 1.807) is 0 Å². The molecule has 0 aliphatic heterocycles. The number of aliphatic hydroxyl groups excluding tert-OH is 2. The minimum absolute atomic E-state index is 0.0439. The lowest BCUT2D eigenvalue weighted by Gasteiger charge is -2.23. The van der Waals surface area contributed by atoms with Gasteiger partial charge in [0.05, 0.1) is 25.2 Å². The van der Waals surface area contributed by atoms with Gasteiger partial charge in [-0.05, 0) is 51.0 Å². The van der Waals surface area contributed by atoms with E-state index in [0.717, 1.165) is 64.2 Å². The highest BCUT2D eigenvalue weighted by Gasteiger charge is 2.23. The van der Waals surface area contributed by atoms with Crippen LogP contribution in [0.1, 0.15) is 284 Å². The molecule has 6 nitrogen and oxygen atoms in total. The summed E-state index contributed by atoms with van der Waals surface area (Å²) >= 11 is 0. The second kappa shape index (κ2) is 53.5. The summed E-state index contributed by atoms with van der Waals surface area (Å²) in [5.74, 6) is -0.617. The van der Waals surface area contributed by atoms with Crippen molar-refractivity contribution in [2.45, 2.75) is 302 Å². The molecule has 0 aromatic carbocycles. The number of aliphatic hydroxyl groups is 2. The first-order valence-corrected chi connectivity index (χ1v) is 28.5. The third kappa shape index (κ3) is 48.0. The van der Waals surface area contributed by atoms with E-state index < -0.39 is 18.2 Å². The minimum atomic E-state index is -0.819. The molecule has 0 aromatic rings. The second-order valence-corrected chi connectivity index (χ2v) is 19.3. The molecular formula is C60H109NO5. The van der Waals surface area contributed by atoms with Crippen LogP contribution in [0, 0.1) is 0 Å². The van der Waals surface area contributed by atoms with Gasteiger partial charge in [0, 0.05) is 6.42 Å². The van der Waals surface area contributed by atoms with Crippen molar-refractivity contribution in [1.82, 2.24) is 5.32 Å². The summed E-state index contributed by atoms with van der Waals surface area (Å²) in [6.45, 7) is 6.36. The summed E-state index contributed by atoms with van der Waals surface area (Å²) < 4.78 is 5.85. The Morgan fingerprint density at radius 1 is 0.455 bits per heavy atom. The van der Waals surface area contributed by atoms with Gasteiger partial charge in [-0.3, -0.25) is 9.59 Å². The van der Waals surface area contributed by atoms with E-state index in [9.17, 15) is 19.8 Å². The number of nitrogens with one attached hydrogen (secondary N) is 1. The fourth-order valence-electron chi connectivity index (χ4n) is 8.57. The van der Waals surface area contributed by atoms with Crippen LogP contribution >= 0.6 is 0 Å². The number of carbonyl (C=O) groups excluding carboxylic acids is 2. The lowest BCUT2D eigenvalue weighted by molar-refractivity contribution is -0.148. The molecule has 0 aliphatic carbocycles. The number of rotatable bonds is 51. The molecule has 66 heavy (non-hydrogen) atoms. The van der Waals surface area contributed by atoms with Crippen LogP contribution in [0.5, 0.6) is 0 Å². The molecule has 3 atom stereocenters. The summed E-state index contributed by atoms with van der Waals surface area (Å²) in [6.07, 6.45) is 67.5. The maximum atomic E-state index is 13.2. The van der Waals surface area contributed by atoms with Crippen molar-refractivity contribution < 1.29 is 24.5 Å². The highest BCUT2D eigenvalue weighted by Crippen LogP contribution is 2.17. The molecule has 384 valence electrons. The lowest BCUT2D eigenvalue weighted by Crippen LogP contribution is -2.46. The van der Waals surface area contributed by atoms with Crippen LogP contribution in [0.15, 0.2) is 60.8 Å². The average molecular weight is 925 g/mol. The fraction of sp³-hybridized carbons (Fsp3) is 0.800. The molecule has 0 saturated carbocycles. The van der Waals surface area contributed by atoms with Gasteiger partial charge in [0.1, 0.15) is 6.10 Å². The molecule has 0 aromatic heterocycles. The third-order valence-corrected chi connectivity index (χ3v) is 12.9. The Hall–Kier alpha value is -2.44. The number of amides is 1. The van der Waals surface area contributed by atoms with E-state index in [1.807, 2.05) is 12.2 Å². The van der Waals surface area contributed by atoms with Crippen LogP contribution < -0.4 is 5.32 Å².